The van der Waals surface area contributed by atoms with Gasteiger partial charge in [0, 0.05) is 10.6 Å². The Balaban J connectivity index is 1.95. The van der Waals surface area contributed by atoms with Crippen LogP contribution in [0.2, 0.25) is 5.02 Å². The number of amidine groups is 1. The molecule has 6 nitrogen and oxygen atoms in total. The molecule has 146 valence electrons. The number of hydrogen-bond donors (Lipinski definition) is 1. The molecule has 28 heavy (non-hydrogen) atoms. The Morgan fingerprint density at radius 3 is 2.50 bits per heavy atom. The van der Waals surface area contributed by atoms with Gasteiger partial charge in [-0.25, -0.2) is 4.99 Å². The lowest BCUT2D eigenvalue weighted by Gasteiger charge is -2.14. The fraction of sp³-hybridized carbons (Fsp3) is 0.200. The second-order valence-electron chi connectivity index (χ2n) is 5.79. The number of benzene rings is 2. The first-order valence-corrected chi connectivity index (χ1v) is 9.51. The molecule has 0 radical (unpaired) electrons. The molecule has 2 aromatic rings. The first-order valence-electron chi connectivity index (χ1n) is 8.32. The van der Waals surface area contributed by atoms with E-state index >= 15 is 0 Å². The Morgan fingerprint density at radius 2 is 1.82 bits per heavy atom. The summed E-state index contributed by atoms with van der Waals surface area (Å²) in [6, 6.07) is 9.03. The molecule has 1 saturated heterocycles. The van der Waals surface area contributed by atoms with Crippen LogP contribution in [0.25, 0.3) is 6.08 Å². The SMILES string of the molecule is COc1ccc(/C=C2/SC(=Nc3cccc(Cl)c3C)NC2=O)c(OC)c1OC. The summed E-state index contributed by atoms with van der Waals surface area (Å²) in [7, 11) is 4.62. The van der Waals surface area contributed by atoms with Gasteiger partial charge in [-0.2, -0.15) is 0 Å². The molecular formula is C20H19ClN2O4S. The van der Waals surface area contributed by atoms with Crippen molar-refractivity contribution in [3.63, 3.8) is 0 Å². The zero-order valence-electron chi connectivity index (χ0n) is 15.8. The summed E-state index contributed by atoms with van der Waals surface area (Å²) in [5.41, 5.74) is 2.25. The Morgan fingerprint density at radius 1 is 1.07 bits per heavy atom. The molecule has 2 aromatic carbocycles. The number of carbonyl (C=O) groups excluding carboxylic acids is 1. The Bertz CT molecular complexity index is 988. The van der Waals surface area contributed by atoms with E-state index in [0.29, 0.717) is 43.6 Å². The van der Waals surface area contributed by atoms with Crippen LogP contribution in [0.1, 0.15) is 11.1 Å². The second-order valence-corrected chi connectivity index (χ2v) is 7.23. The van der Waals surface area contributed by atoms with Gasteiger partial charge in [0.15, 0.2) is 16.7 Å². The van der Waals surface area contributed by atoms with Crippen molar-refractivity contribution < 1.29 is 19.0 Å². The minimum Gasteiger partial charge on any atom is -0.493 e. The summed E-state index contributed by atoms with van der Waals surface area (Å²) in [6.07, 6.45) is 1.73. The van der Waals surface area contributed by atoms with Gasteiger partial charge < -0.3 is 19.5 Å². The number of ether oxygens (including phenoxy) is 3. The number of hydrogen-bond acceptors (Lipinski definition) is 6. The van der Waals surface area contributed by atoms with Gasteiger partial charge in [-0.15, -0.1) is 0 Å². The third-order valence-corrected chi connectivity index (χ3v) is 5.45. The zero-order chi connectivity index (χ0) is 20.3. The van der Waals surface area contributed by atoms with Gasteiger partial charge in [0.2, 0.25) is 5.75 Å². The molecule has 1 fully saturated rings. The fourth-order valence-electron chi connectivity index (χ4n) is 2.69. The minimum absolute atomic E-state index is 0.236. The Kier molecular flexibility index (Phi) is 6.16. The average Bonchev–Trinajstić information content (AvgIpc) is 3.03. The summed E-state index contributed by atoms with van der Waals surface area (Å²) in [4.78, 5) is 17.4. The van der Waals surface area contributed by atoms with Gasteiger partial charge in [-0.05, 0) is 54.6 Å². The smallest absolute Gasteiger partial charge is 0.264 e. The molecule has 8 heteroatoms. The highest BCUT2D eigenvalue weighted by Crippen LogP contribution is 2.41. The van der Waals surface area contributed by atoms with E-state index in [4.69, 9.17) is 25.8 Å². The van der Waals surface area contributed by atoms with Crippen LogP contribution in [0.15, 0.2) is 40.2 Å². The number of halogens is 1. The van der Waals surface area contributed by atoms with Gasteiger partial charge in [-0.3, -0.25) is 4.79 Å². The van der Waals surface area contributed by atoms with Crippen LogP contribution >= 0.6 is 23.4 Å². The summed E-state index contributed by atoms with van der Waals surface area (Å²) in [6.45, 7) is 1.88. The largest absolute Gasteiger partial charge is 0.493 e. The standard InChI is InChI=1S/C20H19ClN2O4S/c1-11-13(21)6-5-7-14(11)22-20-23-19(24)16(28-20)10-12-8-9-15(25-2)18(27-4)17(12)26-3/h5-10H,1-4H3,(H,22,23,24)/b16-10+. The molecule has 3 rings (SSSR count). The number of rotatable bonds is 5. The number of amides is 1. The van der Waals surface area contributed by atoms with Crippen LogP contribution in [-0.4, -0.2) is 32.4 Å². The molecule has 1 amide bonds. The lowest BCUT2D eigenvalue weighted by molar-refractivity contribution is -0.115. The molecule has 0 aromatic heterocycles. The molecule has 1 aliphatic heterocycles. The zero-order valence-corrected chi connectivity index (χ0v) is 17.4. The van der Waals surface area contributed by atoms with E-state index in [9.17, 15) is 4.79 Å². The van der Waals surface area contributed by atoms with Crippen molar-refractivity contribution in [3.05, 3.63) is 51.4 Å². The Labute approximate surface area is 172 Å². The van der Waals surface area contributed by atoms with Crippen molar-refractivity contribution in [2.45, 2.75) is 6.92 Å². The van der Waals surface area contributed by atoms with Crippen molar-refractivity contribution in [1.82, 2.24) is 5.32 Å². The Hall–Kier alpha value is -2.64. The van der Waals surface area contributed by atoms with Crippen molar-refractivity contribution in [1.29, 1.82) is 0 Å². The summed E-state index contributed by atoms with van der Waals surface area (Å²) in [5.74, 6) is 1.26. The van der Waals surface area contributed by atoms with Crippen LogP contribution in [0.5, 0.6) is 17.2 Å². The molecule has 1 heterocycles. The maximum absolute atomic E-state index is 12.4. The van der Waals surface area contributed by atoms with E-state index in [1.807, 2.05) is 19.1 Å². The first-order chi connectivity index (χ1) is 13.5. The highest BCUT2D eigenvalue weighted by atomic mass is 35.5. The third-order valence-electron chi connectivity index (χ3n) is 4.13. The summed E-state index contributed by atoms with van der Waals surface area (Å²) < 4.78 is 16.2. The molecule has 0 spiro atoms. The van der Waals surface area contributed by atoms with E-state index in [2.05, 4.69) is 10.3 Å². The maximum Gasteiger partial charge on any atom is 0.264 e. The van der Waals surface area contributed by atoms with Crippen LogP contribution < -0.4 is 19.5 Å². The van der Waals surface area contributed by atoms with E-state index in [1.165, 1.54) is 26.0 Å². The highest BCUT2D eigenvalue weighted by molar-refractivity contribution is 8.18. The average molecular weight is 419 g/mol. The third kappa shape index (κ3) is 3.95. The van der Waals surface area contributed by atoms with Crippen LogP contribution in [0.3, 0.4) is 0 Å². The molecule has 0 aliphatic carbocycles. The second kappa shape index (κ2) is 8.58. The first kappa shape index (κ1) is 20.1. The quantitative estimate of drug-likeness (QED) is 0.720. The van der Waals surface area contributed by atoms with Crippen LogP contribution in [0, 0.1) is 6.92 Å². The van der Waals surface area contributed by atoms with Crippen molar-refractivity contribution in [2.75, 3.05) is 21.3 Å². The van der Waals surface area contributed by atoms with E-state index < -0.39 is 0 Å². The van der Waals surface area contributed by atoms with Crippen molar-refractivity contribution in [2.24, 2.45) is 4.99 Å². The van der Waals surface area contributed by atoms with Gasteiger partial charge in [-0.1, -0.05) is 17.7 Å². The van der Waals surface area contributed by atoms with Crippen molar-refractivity contribution >= 4 is 46.2 Å². The van der Waals surface area contributed by atoms with Crippen LogP contribution in [-0.2, 0) is 4.79 Å². The monoisotopic (exact) mass is 418 g/mol. The molecule has 1 aliphatic rings. The van der Waals surface area contributed by atoms with Gasteiger partial charge in [0.05, 0.1) is 31.9 Å². The number of nitrogens with zero attached hydrogens (tertiary/aromatic N) is 1. The summed E-state index contributed by atoms with van der Waals surface area (Å²) in [5, 5.41) is 3.89. The van der Waals surface area contributed by atoms with Gasteiger partial charge >= 0.3 is 0 Å². The fourth-order valence-corrected chi connectivity index (χ4v) is 3.68. The number of nitrogens with one attached hydrogen (secondary N) is 1. The molecular weight excluding hydrogens is 400 g/mol. The lowest BCUT2D eigenvalue weighted by Crippen LogP contribution is -2.19. The maximum atomic E-state index is 12.4. The normalized spacial score (nSPS) is 16.4. The molecule has 0 atom stereocenters. The van der Waals surface area contributed by atoms with Crippen LogP contribution in [0.4, 0.5) is 5.69 Å². The van der Waals surface area contributed by atoms with Gasteiger partial charge in [0.25, 0.3) is 5.91 Å². The highest BCUT2D eigenvalue weighted by Gasteiger charge is 2.25. The number of carbonyl (C=O) groups is 1. The number of methoxy groups -OCH3 is 3. The molecule has 0 unspecified atom stereocenters. The predicted molar refractivity (Wildman–Crippen MR) is 113 cm³/mol. The molecule has 0 bridgehead atoms. The number of aliphatic imine (C=N–C) groups is 1. The van der Waals surface area contributed by atoms with E-state index in [1.54, 1.807) is 31.4 Å². The minimum atomic E-state index is -0.236. The molecule has 1 N–H and O–H groups in total. The topological polar surface area (TPSA) is 69.2 Å². The molecule has 0 saturated carbocycles. The predicted octanol–water partition coefficient (Wildman–Crippen LogP) is 4.57. The summed E-state index contributed by atoms with van der Waals surface area (Å²) >= 11 is 7.39. The van der Waals surface area contributed by atoms with E-state index in [0.717, 1.165) is 5.56 Å². The lowest BCUT2D eigenvalue weighted by atomic mass is 10.1. The number of thioether (sulfide) groups is 1. The van der Waals surface area contributed by atoms with Crippen molar-refractivity contribution in [3.8, 4) is 17.2 Å². The van der Waals surface area contributed by atoms with E-state index in [-0.39, 0.29) is 5.91 Å². The van der Waals surface area contributed by atoms with Gasteiger partial charge in [0.1, 0.15) is 0 Å².